The molecule has 1 atom stereocenters. The number of benzene rings is 2. The predicted octanol–water partition coefficient (Wildman–Crippen LogP) is 3.55. The Morgan fingerprint density at radius 3 is 2.29 bits per heavy atom. The molecule has 2 aromatic carbocycles. The first-order valence-electron chi connectivity index (χ1n) is 7.64. The molecule has 0 aromatic heterocycles. The molecule has 0 saturated heterocycles. The average molecular weight is 366 g/mol. The van der Waals surface area contributed by atoms with Crippen molar-refractivity contribution in [2.45, 2.75) is 30.7 Å². The summed E-state index contributed by atoms with van der Waals surface area (Å²) >= 11 is 6.08. The summed E-state index contributed by atoms with van der Waals surface area (Å²) in [5, 5.41) is 3.54. The number of amides is 1. The molecule has 128 valence electrons. The van der Waals surface area contributed by atoms with E-state index in [-0.39, 0.29) is 23.3 Å². The molecule has 0 radical (unpaired) electrons. The van der Waals surface area contributed by atoms with Crippen LogP contribution in [0.1, 0.15) is 30.5 Å². The molecule has 2 rings (SSSR count). The lowest BCUT2D eigenvalue weighted by molar-refractivity contribution is -0.121. The average Bonchev–Trinajstić information content (AvgIpc) is 2.54. The van der Waals surface area contributed by atoms with Crippen LogP contribution in [0.4, 0.5) is 0 Å². The van der Waals surface area contributed by atoms with E-state index in [4.69, 9.17) is 11.6 Å². The van der Waals surface area contributed by atoms with Crippen LogP contribution >= 0.6 is 11.6 Å². The number of halogens is 1. The molecule has 6 heteroatoms. The Morgan fingerprint density at radius 1 is 1.12 bits per heavy atom. The molecule has 0 unspecified atom stereocenters. The minimum absolute atomic E-state index is 0.123. The zero-order valence-electron chi connectivity index (χ0n) is 13.6. The highest BCUT2D eigenvalue weighted by molar-refractivity contribution is 7.90. The van der Waals surface area contributed by atoms with E-state index in [1.54, 1.807) is 30.3 Å². The van der Waals surface area contributed by atoms with Crippen LogP contribution in [0.3, 0.4) is 0 Å². The SMILES string of the molecule is CC[C@H](NC(=O)Cc1ccccc1Cl)c1ccc(S(C)(=O)=O)cc1. The lowest BCUT2D eigenvalue weighted by atomic mass is 10.0. The summed E-state index contributed by atoms with van der Waals surface area (Å²) in [5.74, 6) is -0.123. The van der Waals surface area contributed by atoms with Gasteiger partial charge >= 0.3 is 0 Å². The minimum Gasteiger partial charge on any atom is -0.349 e. The van der Waals surface area contributed by atoms with Crippen molar-refractivity contribution >= 4 is 27.3 Å². The summed E-state index contributed by atoms with van der Waals surface area (Å²) in [6, 6.07) is 13.7. The second-order valence-corrected chi connectivity index (χ2v) is 8.06. The monoisotopic (exact) mass is 365 g/mol. The van der Waals surface area contributed by atoms with E-state index in [1.165, 1.54) is 6.26 Å². The van der Waals surface area contributed by atoms with Crippen LogP contribution < -0.4 is 5.32 Å². The van der Waals surface area contributed by atoms with Crippen molar-refractivity contribution in [2.24, 2.45) is 0 Å². The van der Waals surface area contributed by atoms with Crippen molar-refractivity contribution in [1.82, 2.24) is 5.32 Å². The van der Waals surface area contributed by atoms with E-state index in [0.29, 0.717) is 11.4 Å². The molecule has 4 nitrogen and oxygen atoms in total. The Kier molecular flexibility index (Phi) is 6.02. The Hall–Kier alpha value is -1.85. The number of rotatable bonds is 6. The van der Waals surface area contributed by atoms with Gasteiger partial charge in [-0.05, 0) is 35.7 Å². The third-order valence-electron chi connectivity index (χ3n) is 3.76. The molecule has 0 saturated carbocycles. The number of hydrogen-bond acceptors (Lipinski definition) is 3. The Bertz CT molecular complexity index is 816. The first-order valence-corrected chi connectivity index (χ1v) is 9.91. The molecular formula is C18H20ClNO3S. The van der Waals surface area contributed by atoms with Gasteiger partial charge in [0.2, 0.25) is 5.91 Å². The summed E-state index contributed by atoms with van der Waals surface area (Å²) < 4.78 is 23.0. The molecule has 0 heterocycles. The van der Waals surface area contributed by atoms with Crippen molar-refractivity contribution < 1.29 is 13.2 Å². The Balaban J connectivity index is 2.09. The van der Waals surface area contributed by atoms with Gasteiger partial charge < -0.3 is 5.32 Å². The molecule has 0 aliphatic heterocycles. The first kappa shape index (κ1) is 18.5. The van der Waals surface area contributed by atoms with Gasteiger partial charge in [-0.15, -0.1) is 0 Å². The van der Waals surface area contributed by atoms with Crippen LogP contribution in [0.25, 0.3) is 0 Å². The molecule has 1 amide bonds. The number of carbonyl (C=O) groups is 1. The summed E-state index contributed by atoms with van der Waals surface area (Å²) in [7, 11) is -3.22. The third-order valence-corrected chi connectivity index (χ3v) is 5.26. The van der Waals surface area contributed by atoms with Crippen LogP contribution in [-0.2, 0) is 21.1 Å². The van der Waals surface area contributed by atoms with Crippen molar-refractivity contribution in [1.29, 1.82) is 0 Å². The number of nitrogens with one attached hydrogen (secondary N) is 1. The first-order chi connectivity index (χ1) is 11.3. The zero-order valence-corrected chi connectivity index (χ0v) is 15.2. The van der Waals surface area contributed by atoms with Crippen LogP contribution in [0.5, 0.6) is 0 Å². The molecule has 0 aliphatic rings. The van der Waals surface area contributed by atoms with Crippen LogP contribution in [-0.4, -0.2) is 20.6 Å². The maximum absolute atomic E-state index is 12.3. The molecule has 0 bridgehead atoms. The van der Waals surface area contributed by atoms with Gasteiger partial charge in [0, 0.05) is 11.3 Å². The van der Waals surface area contributed by atoms with Crippen LogP contribution in [0.2, 0.25) is 5.02 Å². The van der Waals surface area contributed by atoms with Gasteiger partial charge in [-0.3, -0.25) is 4.79 Å². The van der Waals surface area contributed by atoms with Gasteiger partial charge in [0.1, 0.15) is 0 Å². The standard InChI is InChI=1S/C18H20ClNO3S/c1-3-17(13-8-10-15(11-9-13)24(2,22)23)20-18(21)12-14-6-4-5-7-16(14)19/h4-11,17H,3,12H2,1-2H3,(H,20,21)/t17-/m0/s1. The van der Waals surface area contributed by atoms with Gasteiger partial charge in [0.15, 0.2) is 9.84 Å². The maximum Gasteiger partial charge on any atom is 0.224 e. The molecule has 0 spiro atoms. The zero-order chi connectivity index (χ0) is 17.7. The van der Waals surface area contributed by atoms with Gasteiger partial charge in [-0.2, -0.15) is 0 Å². The summed E-state index contributed by atoms with van der Waals surface area (Å²) in [5.41, 5.74) is 1.65. The summed E-state index contributed by atoms with van der Waals surface area (Å²) in [4.78, 5) is 12.5. The largest absolute Gasteiger partial charge is 0.349 e. The highest BCUT2D eigenvalue weighted by atomic mass is 35.5. The van der Waals surface area contributed by atoms with Gasteiger partial charge in [0.05, 0.1) is 17.4 Å². The number of hydrogen-bond donors (Lipinski definition) is 1. The van der Waals surface area contributed by atoms with E-state index >= 15 is 0 Å². The van der Waals surface area contributed by atoms with Gasteiger partial charge in [0.25, 0.3) is 0 Å². The van der Waals surface area contributed by atoms with E-state index in [1.807, 2.05) is 25.1 Å². The maximum atomic E-state index is 12.3. The topological polar surface area (TPSA) is 63.2 Å². The number of carbonyl (C=O) groups excluding carboxylic acids is 1. The third kappa shape index (κ3) is 4.82. The summed E-state index contributed by atoms with van der Waals surface area (Å²) in [6.07, 6.45) is 2.08. The molecule has 2 aromatic rings. The van der Waals surface area contributed by atoms with Crippen molar-refractivity contribution in [3.05, 3.63) is 64.7 Å². The van der Waals surface area contributed by atoms with Crippen molar-refractivity contribution in [2.75, 3.05) is 6.26 Å². The fourth-order valence-electron chi connectivity index (χ4n) is 2.43. The highest BCUT2D eigenvalue weighted by Crippen LogP contribution is 2.20. The normalized spacial score (nSPS) is 12.6. The van der Waals surface area contributed by atoms with Crippen LogP contribution in [0.15, 0.2) is 53.4 Å². The van der Waals surface area contributed by atoms with E-state index < -0.39 is 9.84 Å². The fraction of sp³-hybridized carbons (Fsp3) is 0.278. The fourth-order valence-corrected chi connectivity index (χ4v) is 3.26. The Labute approximate surface area is 147 Å². The molecule has 0 aliphatic carbocycles. The number of sulfone groups is 1. The van der Waals surface area contributed by atoms with Crippen molar-refractivity contribution in [3.63, 3.8) is 0 Å². The molecule has 24 heavy (non-hydrogen) atoms. The van der Waals surface area contributed by atoms with E-state index in [2.05, 4.69) is 5.32 Å². The quantitative estimate of drug-likeness (QED) is 0.851. The molecule has 1 N–H and O–H groups in total. The lowest BCUT2D eigenvalue weighted by Gasteiger charge is -2.18. The molecular weight excluding hydrogens is 346 g/mol. The van der Waals surface area contributed by atoms with Crippen molar-refractivity contribution in [3.8, 4) is 0 Å². The Morgan fingerprint density at radius 2 is 1.75 bits per heavy atom. The van der Waals surface area contributed by atoms with E-state index in [9.17, 15) is 13.2 Å². The summed E-state index contributed by atoms with van der Waals surface area (Å²) in [6.45, 7) is 1.96. The van der Waals surface area contributed by atoms with Gasteiger partial charge in [-0.1, -0.05) is 48.9 Å². The minimum atomic E-state index is -3.22. The second-order valence-electron chi connectivity index (χ2n) is 5.64. The van der Waals surface area contributed by atoms with Gasteiger partial charge in [-0.25, -0.2) is 8.42 Å². The predicted molar refractivity (Wildman–Crippen MR) is 95.9 cm³/mol. The molecule has 0 fully saturated rings. The highest BCUT2D eigenvalue weighted by Gasteiger charge is 2.15. The smallest absolute Gasteiger partial charge is 0.224 e. The van der Waals surface area contributed by atoms with Crippen LogP contribution in [0, 0.1) is 0 Å². The lowest BCUT2D eigenvalue weighted by Crippen LogP contribution is -2.29. The second kappa shape index (κ2) is 7.81. The van der Waals surface area contributed by atoms with E-state index in [0.717, 1.165) is 11.1 Å².